The van der Waals surface area contributed by atoms with Crippen molar-refractivity contribution >= 4 is 0 Å². The van der Waals surface area contributed by atoms with E-state index in [9.17, 15) is 0 Å². The largest absolute Gasteiger partial charge is 0.454 e. The molecule has 2 aromatic rings. The summed E-state index contributed by atoms with van der Waals surface area (Å²) in [7, 11) is 0. The predicted octanol–water partition coefficient (Wildman–Crippen LogP) is 4.95. The first-order valence-electron chi connectivity index (χ1n) is 7.37. The van der Waals surface area contributed by atoms with Gasteiger partial charge in [0.2, 0.25) is 6.79 Å². The lowest BCUT2D eigenvalue weighted by atomic mass is 10.1. The molecule has 0 atom stereocenters. The Kier molecular flexibility index (Phi) is 5.84. The van der Waals surface area contributed by atoms with Gasteiger partial charge in [-0.05, 0) is 43.0 Å². The zero-order chi connectivity index (χ0) is 15.8. The molecule has 1 heterocycles. The molecule has 1 aliphatic heterocycles. The summed E-state index contributed by atoms with van der Waals surface area (Å²) in [5.74, 6) is 1.68. The van der Waals surface area contributed by atoms with Gasteiger partial charge in [-0.2, -0.15) is 0 Å². The van der Waals surface area contributed by atoms with E-state index in [-0.39, 0.29) is 0 Å². The van der Waals surface area contributed by atoms with Crippen molar-refractivity contribution in [2.75, 3.05) is 6.79 Å². The van der Waals surface area contributed by atoms with Crippen LogP contribution in [0.5, 0.6) is 11.5 Å². The summed E-state index contributed by atoms with van der Waals surface area (Å²) in [5, 5.41) is 0. The molecule has 0 spiro atoms. The number of allylic oxidation sites excluding steroid dienone is 2. The van der Waals surface area contributed by atoms with Crippen LogP contribution in [0.3, 0.4) is 0 Å². The molecule has 2 heteroatoms. The standard InChI is InChI=1S/C10H10O2.C10H12/c1-2-3-8-4-5-9-10(6-8)12-7-11-9;1-9(2)8-10-6-4-3-5-7-10/h2,4-6H,1,3,7H2;3-7H,1,8H2,2H3. The molecule has 0 fully saturated rings. The molecule has 0 bridgehead atoms. The third kappa shape index (κ3) is 4.81. The Morgan fingerprint density at radius 2 is 1.77 bits per heavy atom. The van der Waals surface area contributed by atoms with Crippen molar-refractivity contribution in [1.29, 1.82) is 0 Å². The van der Waals surface area contributed by atoms with E-state index in [1.807, 2.05) is 37.3 Å². The maximum absolute atomic E-state index is 5.23. The van der Waals surface area contributed by atoms with Crippen LogP contribution < -0.4 is 9.47 Å². The minimum absolute atomic E-state index is 0.340. The molecule has 0 saturated carbocycles. The van der Waals surface area contributed by atoms with Crippen LogP contribution in [0.15, 0.2) is 73.3 Å². The highest BCUT2D eigenvalue weighted by Crippen LogP contribution is 2.32. The fourth-order valence-corrected chi connectivity index (χ4v) is 2.18. The van der Waals surface area contributed by atoms with Gasteiger partial charge in [-0.3, -0.25) is 0 Å². The number of rotatable bonds is 4. The number of hydrogen-bond donors (Lipinski definition) is 0. The van der Waals surface area contributed by atoms with E-state index < -0.39 is 0 Å². The molecule has 2 nitrogen and oxygen atoms in total. The number of hydrogen-bond acceptors (Lipinski definition) is 2. The molecule has 0 aromatic heterocycles. The van der Waals surface area contributed by atoms with Gasteiger partial charge >= 0.3 is 0 Å². The Morgan fingerprint density at radius 1 is 1.05 bits per heavy atom. The van der Waals surface area contributed by atoms with Gasteiger partial charge in [0, 0.05) is 0 Å². The fraction of sp³-hybridized carbons (Fsp3) is 0.200. The Balaban J connectivity index is 0.000000164. The van der Waals surface area contributed by atoms with Crippen LogP contribution in [-0.2, 0) is 12.8 Å². The van der Waals surface area contributed by atoms with E-state index >= 15 is 0 Å². The lowest BCUT2D eigenvalue weighted by Gasteiger charge is -1.98. The van der Waals surface area contributed by atoms with Gasteiger partial charge in [-0.25, -0.2) is 0 Å². The van der Waals surface area contributed by atoms with Gasteiger partial charge in [-0.15, -0.1) is 6.58 Å². The van der Waals surface area contributed by atoms with Crippen LogP contribution in [0.1, 0.15) is 18.1 Å². The highest BCUT2D eigenvalue weighted by Gasteiger charge is 2.12. The molecule has 0 saturated heterocycles. The van der Waals surface area contributed by atoms with Crippen molar-refractivity contribution in [2.45, 2.75) is 19.8 Å². The summed E-state index contributed by atoms with van der Waals surface area (Å²) >= 11 is 0. The smallest absolute Gasteiger partial charge is 0.231 e. The molecule has 0 radical (unpaired) electrons. The predicted molar refractivity (Wildman–Crippen MR) is 91.4 cm³/mol. The summed E-state index contributed by atoms with van der Waals surface area (Å²) in [4.78, 5) is 0. The minimum Gasteiger partial charge on any atom is -0.454 e. The topological polar surface area (TPSA) is 18.5 Å². The average Bonchev–Trinajstić information content (AvgIpc) is 2.96. The third-order valence-corrected chi connectivity index (χ3v) is 3.17. The van der Waals surface area contributed by atoms with E-state index in [1.54, 1.807) is 0 Å². The first-order valence-corrected chi connectivity index (χ1v) is 7.37. The average molecular weight is 294 g/mol. The van der Waals surface area contributed by atoms with Gasteiger partial charge < -0.3 is 9.47 Å². The first-order chi connectivity index (χ1) is 10.7. The van der Waals surface area contributed by atoms with E-state index in [2.05, 4.69) is 37.4 Å². The summed E-state index contributed by atoms with van der Waals surface area (Å²) in [6.45, 7) is 9.92. The van der Waals surface area contributed by atoms with Gasteiger partial charge in [0.1, 0.15) is 0 Å². The molecule has 3 rings (SSSR count). The quantitative estimate of drug-likeness (QED) is 0.743. The van der Waals surface area contributed by atoms with E-state index in [1.165, 1.54) is 16.7 Å². The lowest BCUT2D eigenvalue weighted by molar-refractivity contribution is 0.174. The van der Waals surface area contributed by atoms with Crippen molar-refractivity contribution in [3.63, 3.8) is 0 Å². The van der Waals surface area contributed by atoms with Crippen molar-refractivity contribution in [1.82, 2.24) is 0 Å². The molecule has 114 valence electrons. The van der Waals surface area contributed by atoms with Crippen LogP contribution in [0.2, 0.25) is 0 Å². The van der Waals surface area contributed by atoms with Crippen LogP contribution in [0.4, 0.5) is 0 Å². The molecule has 0 N–H and O–H groups in total. The fourth-order valence-electron chi connectivity index (χ4n) is 2.18. The maximum atomic E-state index is 5.23. The van der Waals surface area contributed by atoms with E-state index in [0.717, 1.165) is 24.3 Å². The second-order valence-corrected chi connectivity index (χ2v) is 5.30. The third-order valence-electron chi connectivity index (χ3n) is 3.17. The van der Waals surface area contributed by atoms with E-state index in [0.29, 0.717) is 6.79 Å². The highest BCUT2D eigenvalue weighted by molar-refractivity contribution is 5.44. The van der Waals surface area contributed by atoms with Crippen LogP contribution in [-0.4, -0.2) is 6.79 Å². The summed E-state index contributed by atoms with van der Waals surface area (Å²) in [6, 6.07) is 16.3. The van der Waals surface area contributed by atoms with Crippen molar-refractivity contribution in [3.05, 3.63) is 84.5 Å². The number of fused-ring (bicyclic) bond motifs is 1. The van der Waals surface area contributed by atoms with Crippen molar-refractivity contribution in [2.24, 2.45) is 0 Å². The van der Waals surface area contributed by atoms with Crippen LogP contribution in [0, 0.1) is 0 Å². The summed E-state index contributed by atoms with van der Waals surface area (Å²) < 4.78 is 10.4. The number of benzene rings is 2. The van der Waals surface area contributed by atoms with E-state index in [4.69, 9.17) is 9.47 Å². The maximum Gasteiger partial charge on any atom is 0.231 e. The Morgan fingerprint density at radius 3 is 2.45 bits per heavy atom. The van der Waals surface area contributed by atoms with Crippen LogP contribution in [0.25, 0.3) is 0 Å². The normalized spacial score (nSPS) is 11.3. The molecule has 22 heavy (non-hydrogen) atoms. The molecular formula is C20H22O2. The van der Waals surface area contributed by atoms with Gasteiger partial charge in [0.25, 0.3) is 0 Å². The molecule has 2 aromatic carbocycles. The highest BCUT2D eigenvalue weighted by atomic mass is 16.7. The van der Waals surface area contributed by atoms with Gasteiger partial charge in [0.05, 0.1) is 0 Å². The SMILES string of the molecule is C=C(C)Cc1ccccc1.C=CCc1ccc2c(c1)OCO2. The molecule has 0 unspecified atom stereocenters. The van der Waals surface area contributed by atoms with Gasteiger partial charge in [-0.1, -0.05) is 54.6 Å². The zero-order valence-electron chi connectivity index (χ0n) is 13.0. The molecule has 1 aliphatic rings. The Bertz CT molecular complexity index is 629. The van der Waals surface area contributed by atoms with Crippen LogP contribution >= 0.6 is 0 Å². The second kappa shape index (κ2) is 8.08. The summed E-state index contributed by atoms with van der Waals surface area (Å²) in [5.41, 5.74) is 3.76. The zero-order valence-corrected chi connectivity index (χ0v) is 13.0. The molecule has 0 amide bonds. The lowest BCUT2D eigenvalue weighted by Crippen LogP contribution is -1.92. The minimum atomic E-state index is 0.340. The molecule has 0 aliphatic carbocycles. The Hall–Kier alpha value is -2.48. The first kappa shape index (κ1) is 15.9. The monoisotopic (exact) mass is 294 g/mol. The Labute approximate surface area is 132 Å². The van der Waals surface area contributed by atoms with Crippen molar-refractivity contribution < 1.29 is 9.47 Å². The number of ether oxygens (including phenoxy) is 2. The van der Waals surface area contributed by atoms with Gasteiger partial charge in [0.15, 0.2) is 11.5 Å². The molecular weight excluding hydrogens is 272 g/mol. The van der Waals surface area contributed by atoms with Crippen molar-refractivity contribution in [3.8, 4) is 11.5 Å². The second-order valence-electron chi connectivity index (χ2n) is 5.30. The summed E-state index contributed by atoms with van der Waals surface area (Å²) in [6.07, 6.45) is 3.75.